The third-order valence-corrected chi connectivity index (χ3v) is 2.18. The SMILES string of the molecule is CSOc1ccc(N)c(OCCBr)c1. The number of alkyl halides is 1. The van der Waals surface area contributed by atoms with Crippen LogP contribution in [-0.2, 0) is 0 Å². The van der Waals surface area contributed by atoms with E-state index in [2.05, 4.69) is 15.9 Å². The maximum absolute atomic E-state index is 5.72. The van der Waals surface area contributed by atoms with Crippen molar-refractivity contribution in [2.45, 2.75) is 0 Å². The van der Waals surface area contributed by atoms with Gasteiger partial charge in [0.05, 0.1) is 24.3 Å². The van der Waals surface area contributed by atoms with E-state index in [1.807, 2.05) is 12.3 Å². The molecule has 0 saturated heterocycles. The normalized spacial score (nSPS) is 9.86. The van der Waals surface area contributed by atoms with Gasteiger partial charge in [-0.2, -0.15) is 0 Å². The summed E-state index contributed by atoms with van der Waals surface area (Å²) >= 11 is 4.57. The van der Waals surface area contributed by atoms with Gasteiger partial charge in [0.2, 0.25) is 0 Å². The standard InChI is InChI=1S/C9H12BrNO2S/c1-14-13-7-2-3-8(11)9(6-7)12-5-4-10/h2-3,6H,4-5,11H2,1H3. The molecule has 0 unspecified atom stereocenters. The molecule has 0 amide bonds. The number of anilines is 1. The lowest BCUT2D eigenvalue weighted by atomic mass is 10.3. The van der Waals surface area contributed by atoms with E-state index in [4.69, 9.17) is 14.7 Å². The molecule has 0 aliphatic rings. The van der Waals surface area contributed by atoms with Crippen molar-refractivity contribution in [3.63, 3.8) is 0 Å². The van der Waals surface area contributed by atoms with Crippen molar-refractivity contribution in [2.75, 3.05) is 23.9 Å². The van der Waals surface area contributed by atoms with E-state index in [1.165, 1.54) is 12.0 Å². The molecular weight excluding hydrogens is 266 g/mol. The minimum Gasteiger partial charge on any atom is -0.490 e. The third kappa shape index (κ3) is 3.31. The molecule has 0 bridgehead atoms. The van der Waals surface area contributed by atoms with Gasteiger partial charge in [0.15, 0.2) is 0 Å². The molecule has 14 heavy (non-hydrogen) atoms. The Labute approximate surface area is 96.3 Å². The number of ether oxygens (including phenoxy) is 1. The maximum atomic E-state index is 5.72. The first-order chi connectivity index (χ1) is 6.77. The lowest BCUT2D eigenvalue weighted by Gasteiger charge is -2.09. The van der Waals surface area contributed by atoms with Crippen LogP contribution in [0.4, 0.5) is 5.69 Å². The second-order valence-electron chi connectivity index (χ2n) is 2.49. The zero-order valence-electron chi connectivity index (χ0n) is 7.83. The Kier molecular flexibility index (Phi) is 4.97. The van der Waals surface area contributed by atoms with Gasteiger partial charge in [-0.05, 0) is 12.1 Å². The molecule has 0 atom stereocenters. The summed E-state index contributed by atoms with van der Waals surface area (Å²) in [6.07, 6.45) is 1.86. The molecule has 2 N–H and O–H groups in total. The van der Waals surface area contributed by atoms with E-state index in [9.17, 15) is 0 Å². The number of hydrogen-bond acceptors (Lipinski definition) is 4. The first-order valence-corrected chi connectivity index (χ1v) is 6.34. The van der Waals surface area contributed by atoms with Crippen molar-refractivity contribution >= 4 is 33.7 Å². The Balaban J connectivity index is 2.74. The minimum atomic E-state index is 0.590. The zero-order chi connectivity index (χ0) is 10.4. The lowest BCUT2D eigenvalue weighted by molar-refractivity contribution is 0.346. The maximum Gasteiger partial charge on any atom is 0.145 e. The van der Waals surface area contributed by atoms with Crippen molar-refractivity contribution in [3.05, 3.63) is 18.2 Å². The summed E-state index contributed by atoms with van der Waals surface area (Å²) in [5, 5.41) is 0.778. The second-order valence-corrected chi connectivity index (χ2v) is 3.78. The molecule has 0 aliphatic heterocycles. The van der Waals surface area contributed by atoms with Crippen LogP contribution in [0.15, 0.2) is 18.2 Å². The summed E-state index contributed by atoms with van der Waals surface area (Å²) in [6.45, 7) is 0.590. The smallest absolute Gasteiger partial charge is 0.145 e. The lowest BCUT2D eigenvalue weighted by Crippen LogP contribution is -2.00. The fourth-order valence-electron chi connectivity index (χ4n) is 0.936. The van der Waals surface area contributed by atoms with Gasteiger partial charge >= 0.3 is 0 Å². The molecule has 3 nitrogen and oxygen atoms in total. The van der Waals surface area contributed by atoms with Crippen molar-refractivity contribution in [1.82, 2.24) is 0 Å². The molecule has 0 fully saturated rings. The quantitative estimate of drug-likeness (QED) is 0.511. The van der Waals surface area contributed by atoms with Gasteiger partial charge in [0.1, 0.15) is 11.5 Å². The number of benzene rings is 1. The van der Waals surface area contributed by atoms with Crippen LogP contribution in [0, 0.1) is 0 Å². The Morgan fingerprint density at radius 1 is 1.50 bits per heavy atom. The molecule has 1 rings (SSSR count). The highest BCUT2D eigenvalue weighted by Crippen LogP contribution is 2.28. The van der Waals surface area contributed by atoms with Gasteiger partial charge in [-0.25, -0.2) is 0 Å². The molecule has 1 aromatic rings. The molecular formula is C9H12BrNO2S. The highest BCUT2D eigenvalue weighted by atomic mass is 79.9. The molecule has 78 valence electrons. The van der Waals surface area contributed by atoms with Crippen LogP contribution in [-0.4, -0.2) is 18.2 Å². The molecule has 0 heterocycles. The fourth-order valence-corrected chi connectivity index (χ4v) is 1.39. The van der Waals surface area contributed by atoms with Gasteiger partial charge in [-0.3, -0.25) is 0 Å². The van der Waals surface area contributed by atoms with Gasteiger partial charge in [-0.15, -0.1) is 0 Å². The van der Waals surface area contributed by atoms with Crippen LogP contribution in [0.3, 0.4) is 0 Å². The average Bonchev–Trinajstić information content (AvgIpc) is 2.19. The summed E-state index contributed by atoms with van der Waals surface area (Å²) < 4.78 is 10.7. The van der Waals surface area contributed by atoms with Gasteiger partial charge in [-0.1, -0.05) is 15.9 Å². The number of nitrogen functional groups attached to an aromatic ring is 1. The summed E-state index contributed by atoms with van der Waals surface area (Å²) in [6, 6.07) is 5.37. The number of nitrogens with two attached hydrogens (primary N) is 1. The van der Waals surface area contributed by atoms with E-state index in [0.717, 1.165) is 11.1 Å². The predicted octanol–water partition coefficient (Wildman–Crippen LogP) is 2.70. The Bertz CT molecular complexity index is 296. The van der Waals surface area contributed by atoms with Gasteiger partial charge < -0.3 is 14.7 Å². The van der Waals surface area contributed by atoms with E-state index in [1.54, 1.807) is 12.1 Å². The summed E-state index contributed by atoms with van der Waals surface area (Å²) in [7, 11) is 0. The summed E-state index contributed by atoms with van der Waals surface area (Å²) in [5.41, 5.74) is 6.35. The van der Waals surface area contributed by atoms with Gasteiger partial charge in [0, 0.05) is 17.7 Å². The first kappa shape index (κ1) is 11.5. The Morgan fingerprint density at radius 3 is 2.93 bits per heavy atom. The largest absolute Gasteiger partial charge is 0.490 e. The second kappa shape index (κ2) is 6.03. The Hall–Kier alpha value is -0.550. The summed E-state index contributed by atoms with van der Waals surface area (Å²) in [4.78, 5) is 0. The molecule has 0 aliphatic carbocycles. The van der Waals surface area contributed by atoms with E-state index in [-0.39, 0.29) is 0 Å². The molecule has 0 saturated carbocycles. The Morgan fingerprint density at radius 2 is 2.29 bits per heavy atom. The third-order valence-electron chi connectivity index (χ3n) is 1.50. The molecule has 0 aromatic heterocycles. The molecule has 1 aromatic carbocycles. The average molecular weight is 278 g/mol. The highest BCUT2D eigenvalue weighted by molar-refractivity contribution is 9.09. The van der Waals surface area contributed by atoms with Crippen LogP contribution in [0.5, 0.6) is 11.5 Å². The van der Waals surface area contributed by atoms with Crippen LogP contribution < -0.4 is 14.7 Å². The van der Waals surface area contributed by atoms with Crippen LogP contribution in [0.2, 0.25) is 0 Å². The van der Waals surface area contributed by atoms with E-state index in [0.29, 0.717) is 18.0 Å². The van der Waals surface area contributed by atoms with Crippen LogP contribution in [0.1, 0.15) is 0 Å². The zero-order valence-corrected chi connectivity index (χ0v) is 10.2. The number of hydrogen-bond donors (Lipinski definition) is 1. The topological polar surface area (TPSA) is 44.5 Å². The minimum absolute atomic E-state index is 0.590. The molecule has 0 spiro atoms. The predicted molar refractivity (Wildman–Crippen MR) is 64.3 cm³/mol. The number of rotatable bonds is 5. The molecule has 0 radical (unpaired) electrons. The first-order valence-electron chi connectivity index (χ1n) is 4.07. The van der Waals surface area contributed by atoms with E-state index >= 15 is 0 Å². The number of halogens is 1. The fraction of sp³-hybridized carbons (Fsp3) is 0.333. The van der Waals surface area contributed by atoms with Crippen molar-refractivity contribution in [3.8, 4) is 11.5 Å². The summed E-state index contributed by atoms with van der Waals surface area (Å²) in [5.74, 6) is 1.41. The molecule has 5 heteroatoms. The highest BCUT2D eigenvalue weighted by Gasteiger charge is 2.02. The van der Waals surface area contributed by atoms with Crippen molar-refractivity contribution in [1.29, 1.82) is 0 Å². The van der Waals surface area contributed by atoms with E-state index < -0.39 is 0 Å². The monoisotopic (exact) mass is 277 g/mol. The van der Waals surface area contributed by atoms with Gasteiger partial charge in [0.25, 0.3) is 0 Å². The van der Waals surface area contributed by atoms with Crippen LogP contribution >= 0.6 is 28.0 Å². The van der Waals surface area contributed by atoms with Crippen molar-refractivity contribution in [2.24, 2.45) is 0 Å². The van der Waals surface area contributed by atoms with Crippen molar-refractivity contribution < 1.29 is 8.92 Å². The van der Waals surface area contributed by atoms with Crippen LogP contribution in [0.25, 0.3) is 0 Å².